The van der Waals surface area contributed by atoms with Gasteiger partial charge in [0.2, 0.25) is 5.91 Å². The maximum Gasteiger partial charge on any atom is 0.220 e. The van der Waals surface area contributed by atoms with Crippen LogP contribution in [0.4, 0.5) is 5.69 Å². The van der Waals surface area contributed by atoms with E-state index in [0.717, 1.165) is 22.1 Å². The van der Waals surface area contributed by atoms with Crippen LogP contribution in [0.15, 0.2) is 53.0 Å². The summed E-state index contributed by atoms with van der Waals surface area (Å²) in [6.07, 6.45) is 1.93. The van der Waals surface area contributed by atoms with Crippen LogP contribution in [0.2, 0.25) is 0 Å². The predicted octanol–water partition coefficient (Wildman–Crippen LogP) is 4.13. The molecule has 1 amide bonds. The number of nitrogen functional groups attached to an aromatic ring is 1. The van der Waals surface area contributed by atoms with Gasteiger partial charge in [0, 0.05) is 22.6 Å². The van der Waals surface area contributed by atoms with Gasteiger partial charge in [-0.25, -0.2) is 0 Å². The van der Waals surface area contributed by atoms with Gasteiger partial charge in [0.15, 0.2) is 0 Å². The molecule has 1 unspecified atom stereocenters. The van der Waals surface area contributed by atoms with Crippen molar-refractivity contribution in [2.24, 2.45) is 0 Å². The number of carbonyl (C=O) groups is 1. The van der Waals surface area contributed by atoms with E-state index in [9.17, 15) is 4.79 Å². The average Bonchev–Trinajstić information content (AvgIpc) is 2.49. The second-order valence-electron chi connectivity index (χ2n) is 5.46. The van der Waals surface area contributed by atoms with Gasteiger partial charge in [0.05, 0.1) is 0 Å². The van der Waals surface area contributed by atoms with Crippen LogP contribution in [-0.2, 0) is 17.6 Å². The number of para-hydroxylation sites is 1. The van der Waals surface area contributed by atoms with Crippen LogP contribution >= 0.6 is 28.3 Å². The van der Waals surface area contributed by atoms with Gasteiger partial charge in [-0.1, -0.05) is 52.3 Å². The lowest BCUT2D eigenvalue weighted by Crippen LogP contribution is -2.34. The van der Waals surface area contributed by atoms with Crippen molar-refractivity contribution in [3.8, 4) is 0 Å². The van der Waals surface area contributed by atoms with Gasteiger partial charge < -0.3 is 11.1 Å². The summed E-state index contributed by atoms with van der Waals surface area (Å²) in [6, 6.07) is 15.8. The maximum absolute atomic E-state index is 12.0. The van der Waals surface area contributed by atoms with Crippen LogP contribution in [-0.4, -0.2) is 11.9 Å². The van der Waals surface area contributed by atoms with Crippen LogP contribution < -0.4 is 11.1 Å². The highest BCUT2D eigenvalue weighted by atomic mass is 79.9. The maximum atomic E-state index is 12.0. The van der Waals surface area contributed by atoms with Crippen molar-refractivity contribution in [3.05, 3.63) is 64.1 Å². The third kappa shape index (κ3) is 6.24. The lowest BCUT2D eigenvalue weighted by atomic mass is 10.1. The molecule has 0 aliphatic carbocycles. The van der Waals surface area contributed by atoms with Gasteiger partial charge in [-0.2, -0.15) is 0 Å². The Hall–Kier alpha value is -1.52. The number of benzene rings is 2. The molecule has 0 heterocycles. The minimum absolute atomic E-state index is 0. The highest BCUT2D eigenvalue weighted by Gasteiger charge is 2.10. The van der Waals surface area contributed by atoms with Crippen molar-refractivity contribution in [3.63, 3.8) is 0 Å². The quantitative estimate of drug-likeness (QED) is 0.720. The molecule has 2 rings (SSSR count). The van der Waals surface area contributed by atoms with Crippen molar-refractivity contribution >= 4 is 39.9 Å². The summed E-state index contributed by atoms with van der Waals surface area (Å²) in [4.78, 5) is 12.0. The molecule has 0 aliphatic heterocycles. The first kappa shape index (κ1) is 19.5. The number of hydrogen-bond acceptors (Lipinski definition) is 2. The molecule has 0 aliphatic rings. The first-order valence-corrected chi connectivity index (χ1v) is 8.21. The zero-order chi connectivity index (χ0) is 15.9. The van der Waals surface area contributed by atoms with E-state index in [2.05, 4.69) is 27.3 Å². The minimum Gasteiger partial charge on any atom is -0.399 e. The summed E-state index contributed by atoms with van der Waals surface area (Å²) in [5, 5.41) is 3.04. The largest absolute Gasteiger partial charge is 0.399 e. The molecule has 0 spiro atoms. The SMILES string of the molecule is CC(Cc1ccccc1Br)NC(=O)CCc1ccccc1N.Cl. The van der Waals surface area contributed by atoms with Crippen LogP contribution in [0.5, 0.6) is 0 Å². The van der Waals surface area contributed by atoms with Gasteiger partial charge in [-0.15, -0.1) is 12.4 Å². The number of carbonyl (C=O) groups excluding carboxylic acids is 1. The summed E-state index contributed by atoms with van der Waals surface area (Å²) < 4.78 is 1.08. The number of aryl methyl sites for hydroxylation is 1. The number of anilines is 1. The van der Waals surface area contributed by atoms with Crippen LogP contribution in [0.3, 0.4) is 0 Å². The standard InChI is InChI=1S/C18H21BrN2O.ClH/c1-13(12-15-7-2-4-8-16(15)19)21-18(22)11-10-14-6-3-5-9-17(14)20;/h2-9,13H,10-12,20H2,1H3,(H,21,22);1H. The van der Waals surface area contributed by atoms with E-state index in [0.29, 0.717) is 12.8 Å². The first-order valence-electron chi connectivity index (χ1n) is 7.42. The minimum atomic E-state index is 0. The molecule has 3 N–H and O–H groups in total. The number of halogens is 2. The van der Waals surface area contributed by atoms with Crippen molar-refractivity contribution < 1.29 is 4.79 Å². The molecule has 0 saturated carbocycles. The molecule has 0 fully saturated rings. The number of rotatable bonds is 6. The van der Waals surface area contributed by atoms with Gasteiger partial charge in [-0.05, 0) is 43.0 Å². The fourth-order valence-corrected chi connectivity index (χ4v) is 2.85. The second-order valence-corrected chi connectivity index (χ2v) is 6.32. The number of nitrogens with one attached hydrogen (secondary N) is 1. The van der Waals surface area contributed by atoms with Crippen LogP contribution in [0.1, 0.15) is 24.5 Å². The van der Waals surface area contributed by atoms with Crippen molar-refractivity contribution in [1.29, 1.82) is 0 Å². The molecular formula is C18H22BrClN2O. The van der Waals surface area contributed by atoms with E-state index < -0.39 is 0 Å². The van der Waals surface area contributed by atoms with Gasteiger partial charge >= 0.3 is 0 Å². The highest BCUT2D eigenvalue weighted by Crippen LogP contribution is 2.17. The molecule has 0 bridgehead atoms. The molecule has 2 aromatic carbocycles. The normalized spacial score (nSPS) is 11.4. The van der Waals surface area contributed by atoms with Crippen molar-refractivity contribution in [2.75, 3.05) is 5.73 Å². The lowest BCUT2D eigenvalue weighted by Gasteiger charge is -2.15. The predicted molar refractivity (Wildman–Crippen MR) is 102 cm³/mol. The van der Waals surface area contributed by atoms with E-state index >= 15 is 0 Å². The van der Waals surface area contributed by atoms with Crippen molar-refractivity contribution in [1.82, 2.24) is 5.32 Å². The van der Waals surface area contributed by atoms with Crippen LogP contribution in [0, 0.1) is 0 Å². The summed E-state index contributed by atoms with van der Waals surface area (Å²) >= 11 is 3.53. The van der Waals surface area contributed by atoms with Gasteiger partial charge in [-0.3, -0.25) is 4.79 Å². The Kier molecular flexibility index (Phi) is 8.13. The van der Waals surface area contributed by atoms with E-state index in [4.69, 9.17) is 5.73 Å². The molecule has 0 radical (unpaired) electrons. The topological polar surface area (TPSA) is 55.1 Å². The Labute approximate surface area is 152 Å². The molecule has 23 heavy (non-hydrogen) atoms. The first-order chi connectivity index (χ1) is 10.6. The Balaban J connectivity index is 0.00000264. The second kappa shape index (κ2) is 9.58. The smallest absolute Gasteiger partial charge is 0.220 e. The molecule has 0 aromatic heterocycles. The number of hydrogen-bond donors (Lipinski definition) is 2. The van der Waals surface area contributed by atoms with Crippen LogP contribution in [0.25, 0.3) is 0 Å². The van der Waals surface area contributed by atoms with E-state index in [1.807, 2.05) is 49.4 Å². The molecule has 5 heteroatoms. The van der Waals surface area contributed by atoms with Gasteiger partial charge in [0.1, 0.15) is 0 Å². The third-order valence-corrected chi connectivity index (χ3v) is 4.34. The lowest BCUT2D eigenvalue weighted by molar-refractivity contribution is -0.121. The fraction of sp³-hybridized carbons (Fsp3) is 0.278. The zero-order valence-corrected chi connectivity index (χ0v) is 15.5. The molecular weight excluding hydrogens is 376 g/mol. The average molecular weight is 398 g/mol. The van der Waals surface area contributed by atoms with E-state index in [-0.39, 0.29) is 24.4 Å². The highest BCUT2D eigenvalue weighted by molar-refractivity contribution is 9.10. The Bertz CT molecular complexity index is 648. The summed E-state index contributed by atoms with van der Waals surface area (Å²) in [5.74, 6) is 0.0582. The zero-order valence-electron chi connectivity index (χ0n) is 13.1. The Morgan fingerprint density at radius 2 is 1.74 bits per heavy atom. The van der Waals surface area contributed by atoms with E-state index in [1.165, 1.54) is 5.56 Å². The number of amides is 1. The Morgan fingerprint density at radius 3 is 2.39 bits per heavy atom. The molecule has 1 atom stereocenters. The van der Waals surface area contributed by atoms with Gasteiger partial charge in [0.25, 0.3) is 0 Å². The van der Waals surface area contributed by atoms with Crippen molar-refractivity contribution in [2.45, 2.75) is 32.2 Å². The molecule has 0 saturated heterocycles. The Morgan fingerprint density at radius 1 is 1.13 bits per heavy atom. The summed E-state index contributed by atoms with van der Waals surface area (Å²) in [7, 11) is 0. The molecule has 124 valence electrons. The molecule has 2 aromatic rings. The summed E-state index contributed by atoms with van der Waals surface area (Å²) in [5.41, 5.74) is 8.86. The number of nitrogens with two attached hydrogens (primary N) is 1. The van der Waals surface area contributed by atoms with E-state index in [1.54, 1.807) is 0 Å². The summed E-state index contributed by atoms with van der Waals surface area (Å²) in [6.45, 7) is 2.02. The monoisotopic (exact) mass is 396 g/mol. The molecule has 3 nitrogen and oxygen atoms in total. The third-order valence-electron chi connectivity index (χ3n) is 3.57. The fourth-order valence-electron chi connectivity index (χ4n) is 2.40.